The van der Waals surface area contributed by atoms with Gasteiger partial charge in [-0.1, -0.05) is 0 Å². The van der Waals surface area contributed by atoms with Crippen LogP contribution in [0.1, 0.15) is 31.3 Å². The van der Waals surface area contributed by atoms with E-state index < -0.39 is 12.0 Å². The maximum absolute atomic E-state index is 12.0. The Morgan fingerprint density at radius 2 is 2.21 bits per heavy atom. The number of furan rings is 1. The second kappa shape index (κ2) is 5.30. The van der Waals surface area contributed by atoms with E-state index in [9.17, 15) is 9.59 Å². The summed E-state index contributed by atoms with van der Waals surface area (Å²) >= 11 is 0. The number of hydrogen-bond acceptors (Lipinski definition) is 5. The summed E-state index contributed by atoms with van der Waals surface area (Å²) < 4.78 is 16.0. The van der Waals surface area contributed by atoms with Crippen LogP contribution in [0.25, 0.3) is 0 Å². The first-order chi connectivity index (χ1) is 9.00. The molecule has 0 N–H and O–H groups in total. The highest BCUT2D eigenvalue weighted by atomic mass is 16.5. The van der Waals surface area contributed by atoms with Crippen LogP contribution in [0.15, 0.2) is 34.3 Å². The average molecular weight is 264 g/mol. The zero-order valence-corrected chi connectivity index (χ0v) is 11.1. The summed E-state index contributed by atoms with van der Waals surface area (Å²) in [5.74, 6) is 0.513. The molecule has 0 saturated carbocycles. The summed E-state index contributed by atoms with van der Waals surface area (Å²) in [6.07, 6.45) is 0.710. The van der Waals surface area contributed by atoms with Gasteiger partial charge in [-0.2, -0.15) is 0 Å². The molecule has 1 aromatic rings. The van der Waals surface area contributed by atoms with Crippen LogP contribution in [0.5, 0.6) is 0 Å². The molecule has 1 aliphatic rings. The third-order valence-corrected chi connectivity index (χ3v) is 3.06. The standard InChI is InChI=1S/C14H16O5/c1-8(15)11-7-18-10(3)14(11)19-9(2)13(16)12-5-4-6-17-12/h4-6,9,11H,7H2,1-3H3. The molecule has 0 bridgehead atoms. The van der Waals surface area contributed by atoms with Crippen LogP contribution < -0.4 is 0 Å². The predicted octanol–water partition coefficient (Wildman–Crippen LogP) is 2.33. The van der Waals surface area contributed by atoms with E-state index in [4.69, 9.17) is 13.9 Å². The fourth-order valence-electron chi connectivity index (χ4n) is 1.93. The number of ketones is 2. The summed E-state index contributed by atoms with van der Waals surface area (Å²) in [5, 5.41) is 0. The maximum Gasteiger partial charge on any atom is 0.237 e. The van der Waals surface area contributed by atoms with E-state index in [0.29, 0.717) is 11.5 Å². The van der Waals surface area contributed by atoms with Gasteiger partial charge >= 0.3 is 0 Å². The lowest BCUT2D eigenvalue weighted by Gasteiger charge is -2.16. The molecule has 2 heterocycles. The Bertz CT molecular complexity index is 512. The van der Waals surface area contributed by atoms with Crippen LogP contribution in [0.2, 0.25) is 0 Å². The SMILES string of the molecule is CC(=O)C1COC(C)=C1OC(C)C(=O)c1ccco1. The quantitative estimate of drug-likeness (QED) is 0.764. The Hall–Kier alpha value is -2.04. The molecule has 1 aromatic heterocycles. The predicted molar refractivity (Wildman–Crippen MR) is 66.4 cm³/mol. The van der Waals surface area contributed by atoms with E-state index in [1.165, 1.54) is 13.2 Å². The van der Waals surface area contributed by atoms with Crippen molar-refractivity contribution in [1.82, 2.24) is 0 Å². The van der Waals surface area contributed by atoms with Gasteiger partial charge in [0.2, 0.25) is 5.78 Å². The molecule has 102 valence electrons. The Morgan fingerprint density at radius 1 is 1.47 bits per heavy atom. The van der Waals surface area contributed by atoms with Crippen LogP contribution in [-0.4, -0.2) is 24.3 Å². The number of carbonyl (C=O) groups is 2. The molecule has 0 aromatic carbocycles. The van der Waals surface area contributed by atoms with E-state index >= 15 is 0 Å². The minimum atomic E-state index is -0.723. The molecule has 2 rings (SSSR count). The minimum absolute atomic E-state index is 0.0375. The molecular formula is C14H16O5. The molecule has 2 atom stereocenters. The van der Waals surface area contributed by atoms with Gasteiger partial charge in [-0.3, -0.25) is 9.59 Å². The van der Waals surface area contributed by atoms with Gasteiger partial charge in [0.1, 0.15) is 29.8 Å². The first-order valence-corrected chi connectivity index (χ1v) is 6.09. The van der Waals surface area contributed by atoms with Gasteiger partial charge in [-0.05, 0) is 32.9 Å². The number of carbonyl (C=O) groups excluding carboxylic acids is 2. The van der Waals surface area contributed by atoms with Crippen molar-refractivity contribution < 1.29 is 23.5 Å². The summed E-state index contributed by atoms with van der Waals surface area (Å²) in [6.45, 7) is 5.11. The maximum atomic E-state index is 12.0. The molecule has 0 fully saturated rings. The smallest absolute Gasteiger partial charge is 0.237 e. The van der Waals surface area contributed by atoms with Gasteiger partial charge in [-0.25, -0.2) is 0 Å². The fraction of sp³-hybridized carbons (Fsp3) is 0.429. The van der Waals surface area contributed by atoms with Crippen LogP contribution >= 0.6 is 0 Å². The highest BCUT2D eigenvalue weighted by Crippen LogP contribution is 2.28. The zero-order chi connectivity index (χ0) is 14.0. The molecule has 0 amide bonds. The first kappa shape index (κ1) is 13.4. The normalized spacial score (nSPS) is 20.1. The third-order valence-electron chi connectivity index (χ3n) is 3.06. The topological polar surface area (TPSA) is 65.7 Å². The summed E-state index contributed by atoms with van der Waals surface area (Å²) in [6, 6.07) is 3.22. The molecule has 2 unspecified atom stereocenters. The second-order valence-corrected chi connectivity index (χ2v) is 4.50. The highest BCUT2D eigenvalue weighted by molar-refractivity contribution is 5.96. The van der Waals surface area contributed by atoms with Gasteiger partial charge in [0.05, 0.1) is 6.26 Å². The molecule has 5 nitrogen and oxygen atoms in total. The van der Waals surface area contributed by atoms with Crippen LogP contribution in [0, 0.1) is 5.92 Å². The number of hydrogen-bond donors (Lipinski definition) is 0. The van der Waals surface area contributed by atoms with E-state index in [1.54, 1.807) is 26.0 Å². The van der Waals surface area contributed by atoms with Crippen molar-refractivity contribution in [1.29, 1.82) is 0 Å². The Labute approximate surface area is 111 Å². The fourth-order valence-corrected chi connectivity index (χ4v) is 1.93. The zero-order valence-electron chi connectivity index (χ0n) is 11.1. The van der Waals surface area contributed by atoms with Gasteiger partial charge in [0, 0.05) is 0 Å². The number of allylic oxidation sites excluding steroid dienone is 1. The van der Waals surface area contributed by atoms with Crippen LogP contribution in [0.4, 0.5) is 0 Å². The lowest BCUT2D eigenvalue weighted by Crippen LogP contribution is -2.24. The lowest BCUT2D eigenvalue weighted by atomic mass is 10.0. The van der Waals surface area contributed by atoms with E-state index in [0.717, 1.165) is 0 Å². The van der Waals surface area contributed by atoms with Crippen LogP contribution in [-0.2, 0) is 14.3 Å². The van der Waals surface area contributed by atoms with Gasteiger partial charge in [-0.15, -0.1) is 0 Å². The van der Waals surface area contributed by atoms with E-state index in [-0.39, 0.29) is 23.9 Å². The lowest BCUT2D eigenvalue weighted by molar-refractivity contribution is -0.121. The van der Waals surface area contributed by atoms with Gasteiger partial charge < -0.3 is 13.9 Å². The van der Waals surface area contributed by atoms with Crippen molar-refractivity contribution in [3.8, 4) is 0 Å². The second-order valence-electron chi connectivity index (χ2n) is 4.50. The van der Waals surface area contributed by atoms with Crippen LogP contribution in [0.3, 0.4) is 0 Å². The van der Waals surface area contributed by atoms with Crippen molar-refractivity contribution in [3.63, 3.8) is 0 Å². The molecule has 0 saturated heterocycles. The Morgan fingerprint density at radius 3 is 2.79 bits per heavy atom. The summed E-state index contributed by atoms with van der Waals surface area (Å²) in [5.41, 5.74) is 0. The third kappa shape index (κ3) is 2.70. The summed E-state index contributed by atoms with van der Waals surface area (Å²) in [7, 11) is 0. The highest BCUT2D eigenvalue weighted by Gasteiger charge is 2.33. The number of rotatable bonds is 5. The Kier molecular flexibility index (Phi) is 3.74. The number of ether oxygens (including phenoxy) is 2. The molecule has 1 aliphatic heterocycles. The molecule has 19 heavy (non-hydrogen) atoms. The molecule has 0 radical (unpaired) electrons. The van der Waals surface area contributed by atoms with E-state index in [1.807, 2.05) is 0 Å². The minimum Gasteiger partial charge on any atom is -0.493 e. The van der Waals surface area contributed by atoms with Gasteiger partial charge in [0.15, 0.2) is 11.9 Å². The monoisotopic (exact) mass is 264 g/mol. The molecular weight excluding hydrogens is 248 g/mol. The Balaban J connectivity index is 2.10. The number of Topliss-reactive ketones (excluding diaryl/α,β-unsaturated/α-hetero) is 2. The van der Waals surface area contributed by atoms with Crippen molar-refractivity contribution in [3.05, 3.63) is 35.7 Å². The van der Waals surface area contributed by atoms with Crippen molar-refractivity contribution in [2.24, 2.45) is 5.92 Å². The summed E-state index contributed by atoms with van der Waals surface area (Å²) in [4.78, 5) is 23.5. The van der Waals surface area contributed by atoms with Crippen molar-refractivity contribution >= 4 is 11.6 Å². The van der Waals surface area contributed by atoms with Gasteiger partial charge in [0.25, 0.3) is 0 Å². The van der Waals surface area contributed by atoms with E-state index in [2.05, 4.69) is 0 Å². The van der Waals surface area contributed by atoms with Crippen molar-refractivity contribution in [2.75, 3.05) is 6.61 Å². The molecule has 0 spiro atoms. The first-order valence-electron chi connectivity index (χ1n) is 6.09. The van der Waals surface area contributed by atoms with Crippen molar-refractivity contribution in [2.45, 2.75) is 26.9 Å². The average Bonchev–Trinajstić information content (AvgIpc) is 2.99. The molecule has 0 aliphatic carbocycles. The largest absolute Gasteiger partial charge is 0.493 e. The molecule has 5 heteroatoms.